The number of benzene rings is 4. The van der Waals surface area contributed by atoms with Crippen LogP contribution in [-0.4, -0.2) is 91.1 Å². The van der Waals surface area contributed by atoms with Crippen molar-refractivity contribution in [3.05, 3.63) is 119 Å². The molecule has 4 saturated heterocycles. The molecule has 0 bridgehead atoms. The van der Waals surface area contributed by atoms with E-state index in [9.17, 15) is 19.5 Å². The lowest BCUT2D eigenvalue weighted by atomic mass is 9.71. The Bertz CT molecular complexity index is 2170. The molecular weight excluding hydrogens is 715 g/mol. The predicted octanol–water partition coefficient (Wildman–Crippen LogP) is 6.28. The number of anilines is 2. The van der Waals surface area contributed by atoms with E-state index in [-0.39, 0.29) is 41.7 Å². The van der Waals surface area contributed by atoms with Gasteiger partial charge in [-0.1, -0.05) is 48.5 Å². The van der Waals surface area contributed by atoms with Crippen molar-refractivity contribution in [2.45, 2.75) is 62.9 Å². The molecule has 0 aliphatic carbocycles. The van der Waals surface area contributed by atoms with Crippen LogP contribution < -0.4 is 19.9 Å². The maximum atomic E-state index is 13.2. The summed E-state index contributed by atoms with van der Waals surface area (Å²) in [4.78, 5) is 46.6. The molecule has 3 amide bonds. The Kier molecular flexibility index (Phi) is 9.19. The van der Waals surface area contributed by atoms with E-state index in [0.29, 0.717) is 30.6 Å². The highest BCUT2D eigenvalue weighted by atomic mass is 16.5. The van der Waals surface area contributed by atoms with Crippen LogP contribution >= 0.6 is 0 Å². The van der Waals surface area contributed by atoms with Crippen LogP contribution in [0.15, 0.2) is 91.0 Å². The molecule has 0 radical (unpaired) electrons. The van der Waals surface area contributed by atoms with Gasteiger partial charge in [0.2, 0.25) is 11.8 Å². The standard InChI is InChI=1S/C47H51N5O5/c53-37-11-13-39-42(25-37)57-28-40(32-4-2-1-3-5-32)44(39)33-6-8-35(9-7-33)50-20-16-31(17-21-50)26-49-22-18-47(19-23-49)29-51(30-47)36-10-12-38-34(24-36)27-52(46(38)56)41-14-15-43(54)48-45(41)55/h1-13,24-25,31,40-41,44,53H,14-23,26-30H2,(H,48,54,55)/t40-,41?,44-/m1/s1. The van der Waals surface area contributed by atoms with Crippen LogP contribution in [-0.2, 0) is 16.1 Å². The first-order chi connectivity index (χ1) is 27.8. The summed E-state index contributed by atoms with van der Waals surface area (Å²) in [6.45, 7) is 8.78. The molecule has 6 aliphatic heterocycles. The Morgan fingerprint density at radius 3 is 2.28 bits per heavy atom. The van der Waals surface area contributed by atoms with Gasteiger partial charge in [-0.05, 0) is 104 Å². The molecule has 4 fully saturated rings. The number of aromatic hydroxyl groups is 1. The van der Waals surface area contributed by atoms with Crippen LogP contribution in [0.4, 0.5) is 11.4 Å². The zero-order valence-electron chi connectivity index (χ0n) is 32.4. The van der Waals surface area contributed by atoms with E-state index < -0.39 is 6.04 Å². The number of piperidine rings is 3. The molecule has 6 aliphatic rings. The van der Waals surface area contributed by atoms with E-state index in [4.69, 9.17) is 4.74 Å². The van der Waals surface area contributed by atoms with E-state index in [1.165, 1.54) is 49.0 Å². The van der Waals surface area contributed by atoms with Crippen molar-refractivity contribution in [1.29, 1.82) is 0 Å². The molecule has 1 spiro atoms. The molecule has 294 valence electrons. The molecule has 1 unspecified atom stereocenters. The summed E-state index contributed by atoms with van der Waals surface area (Å²) in [6.07, 6.45) is 5.53. The molecule has 10 heteroatoms. The zero-order valence-corrected chi connectivity index (χ0v) is 32.4. The molecule has 6 heterocycles. The second-order valence-electron chi connectivity index (χ2n) is 17.4. The molecule has 4 aromatic rings. The van der Waals surface area contributed by atoms with Gasteiger partial charge in [-0.25, -0.2) is 0 Å². The number of carbonyl (C=O) groups excluding carboxylic acids is 3. The highest BCUT2D eigenvalue weighted by Crippen LogP contribution is 2.48. The first kappa shape index (κ1) is 36.0. The Balaban J connectivity index is 0.706. The number of likely N-dealkylation sites (tertiary alicyclic amines) is 1. The van der Waals surface area contributed by atoms with Gasteiger partial charge in [0, 0.05) is 91.5 Å². The Labute approximate surface area is 334 Å². The Morgan fingerprint density at radius 2 is 1.53 bits per heavy atom. The number of hydrogen-bond donors (Lipinski definition) is 2. The number of nitrogens with one attached hydrogen (secondary N) is 1. The van der Waals surface area contributed by atoms with Gasteiger partial charge in [0.05, 0.1) is 6.61 Å². The van der Waals surface area contributed by atoms with Gasteiger partial charge in [-0.2, -0.15) is 0 Å². The summed E-state index contributed by atoms with van der Waals surface area (Å²) in [5, 5.41) is 12.5. The molecule has 2 N–H and O–H groups in total. The maximum absolute atomic E-state index is 13.2. The summed E-state index contributed by atoms with van der Waals surface area (Å²) < 4.78 is 6.18. The second-order valence-corrected chi connectivity index (χ2v) is 17.4. The van der Waals surface area contributed by atoms with Crippen LogP contribution in [0, 0.1) is 11.3 Å². The third-order valence-corrected chi connectivity index (χ3v) is 14.0. The van der Waals surface area contributed by atoms with Crippen LogP contribution in [0.5, 0.6) is 11.5 Å². The number of phenols is 1. The van der Waals surface area contributed by atoms with Gasteiger partial charge in [0.15, 0.2) is 0 Å². The van der Waals surface area contributed by atoms with Gasteiger partial charge in [-0.15, -0.1) is 0 Å². The quantitative estimate of drug-likeness (QED) is 0.212. The third-order valence-electron chi connectivity index (χ3n) is 14.0. The highest BCUT2D eigenvalue weighted by Gasteiger charge is 2.46. The van der Waals surface area contributed by atoms with Crippen molar-refractivity contribution in [2.24, 2.45) is 11.3 Å². The van der Waals surface area contributed by atoms with Crippen molar-refractivity contribution in [1.82, 2.24) is 15.1 Å². The van der Waals surface area contributed by atoms with Crippen molar-refractivity contribution < 1.29 is 24.2 Å². The molecule has 57 heavy (non-hydrogen) atoms. The Morgan fingerprint density at radius 1 is 0.772 bits per heavy atom. The summed E-state index contributed by atoms with van der Waals surface area (Å²) in [6, 6.07) is 30.9. The minimum absolute atomic E-state index is 0.114. The van der Waals surface area contributed by atoms with E-state index >= 15 is 0 Å². The van der Waals surface area contributed by atoms with Crippen molar-refractivity contribution in [3.63, 3.8) is 0 Å². The van der Waals surface area contributed by atoms with Crippen LogP contribution in [0.3, 0.4) is 0 Å². The number of carbonyl (C=O) groups is 3. The van der Waals surface area contributed by atoms with Gasteiger partial charge in [0.25, 0.3) is 5.91 Å². The smallest absolute Gasteiger partial charge is 0.255 e. The SMILES string of the molecule is O=C1CCC(N2Cc3cc(N4CC5(CCN(CC6CCN(c7ccc([C@@H]8c9ccc(O)cc9OC[C@@H]8c8ccccc8)cc7)CC6)CC5)C4)ccc3C2=O)C(=O)N1. The van der Waals surface area contributed by atoms with E-state index in [1.54, 1.807) is 17.0 Å². The third kappa shape index (κ3) is 6.81. The number of ether oxygens (including phenoxy) is 1. The van der Waals surface area contributed by atoms with E-state index in [0.717, 1.165) is 67.8 Å². The molecule has 0 saturated carbocycles. The number of phenolic OH excluding ortho intramolecular Hbond substituents is 1. The minimum Gasteiger partial charge on any atom is -0.508 e. The summed E-state index contributed by atoms with van der Waals surface area (Å²) in [5.41, 5.74) is 8.14. The van der Waals surface area contributed by atoms with Gasteiger partial charge < -0.3 is 29.4 Å². The lowest BCUT2D eigenvalue weighted by molar-refractivity contribution is -0.136. The first-order valence-corrected chi connectivity index (χ1v) is 20.9. The normalized spacial score (nSPS) is 24.8. The largest absolute Gasteiger partial charge is 0.508 e. The van der Waals surface area contributed by atoms with Gasteiger partial charge >= 0.3 is 0 Å². The average Bonchev–Trinajstić information content (AvgIpc) is 3.55. The number of hydrogen-bond acceptors (Lipinski definition) is 8. The van der Waals surface area contributed by atoms with Crippen LogP contribution in [0.2, 0.25) is 0 Å². The monoisotopic (exact) mass is 765 g/mol. The summed E-state index contributed by atoms with van der Waals surface area (Å²) in [7, 11) is 0. The van der Waals surface area contributed by atoms with Gasteiger partial charge in [-0.3, -0.25) is 19.7 Å². The van der Waals surface area contributed by atoms with Crippen LogP contribution in [0.25, 0.3) is 0 Å². The minimum atomic E-state index is -0.580. The molecule has 4 aromatic carbocycles. The zero-order chi connectivity index (χ0) is 38.7. The van der Waals surface area contributed by atoms with Crippen LogP contribution in [0.1, 0.15) is 83.0 Å². The number of nitrogens with zero attached hydrogens (tertiary/aromatic N) is 4. The number of amides is 3. The maximum Gasteiger partial charge on any atom is 0.255 e. The second kappa shape index (κ2) is 14.5. The van der Waals surface area contributed by atoms with Crippen molar-refractivity contribution >= 4 is 29.1 Å². The topological polar surface area (TPSA) is 106 Å². The fourth-order valence-corrected chi connectivity index (χ4v) is 10.7. The summed E-state index contributed by atoms with van der Waals surface area (Å²) >= 11 is 0. The number of imide groups is 1. The molecule has 3 atom stereocenters. The predicted molar refractivity (Wildman–Crippen MR) is 219 cm³/mol. The van der Waals surface area contributed by atoms with E-state index in [1.807, 2.05) is 12.1 Å². The fraction of sp³-hybridized carbons (Fsp3) is 0.426. The molecule has 10 nitrogen and oxygen atoms in total. The summed E-state index contributed by atoms with van der Waals surface area (Å²) in [5.74, 6) is 1.33. The van der Waals surface area contributed by atoms with Crippen molar-refractivity contribution in [2.75, 3.05) is 62.2 Å². The number of fused-ring (bicyclic) bond motifs is 2. The lowest BCUT2D eigenvalue weighted by Crippen LogP contribution is -2.60. The number of rotatable bonds is 7. The fourth-order valence-electron chi connectivity index (χ4n) is 10.7. The lowest BCUT2D eigenvalue weighted by Gasteiger charge is -2.55. The van der Waals surface area contributed by atoms with Gasteiger partial charge in [0.1, 0.15) is 17.5 Å². The van der Waals surface area contributed by atoms with E-state index in [2.05, 4.69) is 86.7 Å². The average molecular weight is 766 g/mol. The molecule has 0 aromatic heterocycles. The first-order valence-electron chi connectivity index (χ1n) is 20.9. The van der Waals surface area contributed by atoms with Crippen molar-refractivity contribution in [3.8, 4) is 11.5 Å². The molecular formula is C47H51N5O5. The Hall–Kier alpha value is -5.35. The highest BCUT2D eigenvalue weighted by molar-refractivity contribution is 6.05. The molecule has 10 rings (SSSR count).